The van der Waals surface area contributed by atoms with Gasteiger partial charge >= 0.3 is 0 Å². The lowest BCUT2D eigenvalue weighted by Gasteiger charge is -2.18. The van der Waals surface area contributed by atoms with Crippen LogP contribution in [0.15, 0.2) is 18.2 Å². The highest BCUT2D eigenvalue weighted by Crippen LogP contribution is 2.26. The summed E-state index contributed by atoms with van der Waals surface area (Å²) in [6, 6.07) is 5.06. The number of Topliss-reactive ketones (excluding diaryl/α,β-unsaturated/α-hetero) is 3. The Bertz CT molecular complexity index is 676. The van der Waals surface area contributed by atoms with E-state index in [4.69, 9.17) is 0 Å². The van der Waals surface area contributed by atoms with Crippen molar-refractivity contribution < 1.29 is 14.4 Å². The molecule has 19 heavy (non-hydrogen) atoms. The van der Waals surface area contributed by atoms with Gasteiger partial charge in [0.1, 0.15) is 11.4 Å². The normalized spacial score (nSPS) is 17.1. The van der Waals surface area contributed by atoms with E-state index in [0.717, 1.165) is 11.5 Å². The zero-order valence-corrected chi connectivity index (χ0v) is 10.8. The third kappa shape index (κ3) is 1.98. The average molecular weight is 274 g/mol. The summed E-state index contributed by atoms with van der Waals surface area (Å²) in [5.41, 5.74) is 0.993. The van der Waals surface area contributed by atoms with Gasteiger partial charge in [-0.25, -0.2) is 0 Å². The molecule has 1 heterocycles. The predicted molar refractivity (Wildman–Crippen MR) is 69.1 cm³/mol. The molecule has 0 N–H and O–H groups in total. The van der Waals surface area contributed by atoms with Gasteiger partial charge in [-0.05, 0) is 30.1 Å². The van der Waals surface area contributed by atoms with Gasteiger partial charge < -0.3 is 0 Å². The van der Waals surface area contributed by atoms with E-state index in [1.54, 1.807) is 18.2 Å². The lowest BCUT2D eigenvalue weighted by molar-refractivity contribution is -0.133. The summed E-state index contributed by atoms with van der Waals surface area (Å²) in [7, 11) is 0. The van der Waals surface area contributed by atoms with Crippen LogP contribution in [0, 0.1) is 5.92 Å². The lowest BCUT2D eigenvalue weighted by Crippen LogP contribution is -2.35. The molecule has 3 rings (SSSR count). The van der Waals surface area contributed by atoms with E-state index in [1.807, 2.05) is 0 Å². The van der Waals surface area contributed by atoms with Crippen LogP contribution in [0.4, 0.5) is 0 Å². The van der Waals surface area contributed by atoms with Crippen molar-refractivity contribution in [3.63, 3.8) is 0 Å². The van der Waals surface area contributed by atoms with Crippen molar-refractivity contribution in [3.8, 4) is 0 Å². The minimum atomic E-state index is -1.12. The Morgan fingerprint density at radius 2 is 1.95 bits per heavy atom. The maximum Gasteiger partial charge on any atom is 0.182 e. The highest BCUT2D eigenvalue weighted by molar-refractivity contribution is 7.13. The van der Waals surface area contributed by atoms with E-state index in [-0.39, 0.29) is 11.6 Å². The van der Waals surface area contributed by atoms with E-state index in [2.05, 4.69) is 9.59 Å². The first-order valence-electron chi connectivity index (χ1n) is 5.99. The van der Waals surface area contributed by atoms with Crippen LogP contribution in [0.1, 0.15) is 29.6 Å². The number of aromatic nitrogens is 2. The van der Waals surface area contributed by atoms with Gasteiger partial charge in [-0.15, -0.1) is 5.10 Å². The molecule has 1 saturated carbocycles. The molecule has 0 unspecified atom stereocenters. The van der Waals surface area contributed by atoms with Crippen LogP contribution in [-0.2, 0) is 9.59 Å². The van der Waals surface area contributed by atoms with Crippen molar-refractivity contribution in [2.75, 3.05) is 0 Å². The van der Waals surface area contributed by atoms with Crippen LogP contribution in [0.5, 0.6) is 0 Å². The van der Waals surface area contributed by atoms with Gasteiger partial charge in [0.05, 0.1) is 4.70 Å². The zero-order chi connectivity index (χ0) is 13.4. The topological polar surface area (TPSA) is 77.0 Å². The van der Waals surface area contributed by atoms with Crippen molar-refractivity contribution in [2.45, 2.75) is 19.3 Å². The summed E-state index contributed by atoms with van der Waals surface area (Å²) in [5, 5.41) is 3.89. The molecule has 0 spiro atoms. The summed E-state index contributed by atoms with van der Waals surface area (Å²) in [5.74, 6) is -2.07. The van der Waals surface area contributed by atoms with Gasteiger partial charge in [0, 0.05) is 18.4 Å². The maximum atomic E-state index is 12.4. The summed E-state index contributed by atoms with van der Waals surface area (Å²) in [6.45, 7) is 0. The SMILES string of the molecule is O=C1CCCC(=O)C1C(=O)c1cccc2nnsc12. The molecule has 2 aromatic rings. The molecule has 6 heteroatoms. The quantitative estimate of drug-likeness (QED) is 0.616. The predicted octanol–water partition coefficient (Wildman–Crippen LogP) is 1.81. The monoisotopic (exact) mass is 274 g/mol. The molecule has 0 saturated heterocycles. The van der Waals surface area contributed by atoms with Crippen molar-refractivity contribution >= 4 is 39.1 Å². The number of carbonyl (C=O) groups excluding carboxylic acids is 3. The molecule has 0 amide bonds. The van der Waals surface area contributed by atoms with Crippen molar-refractivity contribution in [1.29, 1.82) is 0 Å². The second-order valence-electron chi connectivity index (χ2n) is 4.51. The number of rotatable bonds is 2. The Balaban J connectivity index is 2.06. The average Bonchev–Trinajstić information content (AvgIpc) is 2.86. The molecule has 0 aliphatic heterocycles. The standard InChI is InChI=1S/C13H10N2O3S/c16-9-5-2-6-10(17)11(9)12(18)7-3-1-4-8-13(7)19-15-14-8/h1,3-4,11H,2,5-6H2. The van der Waals surface area contributed by atoms with E-state index in [0.29, 0.717) is 35.0 Å². The summed E-state index contributed by atoms with van der Waals surface area (Å²) < 4.78 is 4.43. The largest absolute Gasteiger partial charge is 0.298 e. The molecule has 1 aliphatic carbocycles. The molecule has 0 bridgehead atoms. The van der Waals surface area contributed by atoms with Crippen LogP contribution >= 0.6 is 11.5 Å². The Kier molecular flexibility index (Phi) is 2.94. The van der Waals surface area contributed by atoms with Crippen molar-refractivity contribution in [2.24, 2.45) is 5.92 Å². The van der Waals surface area contributed by atoms with Crippen LogP contribution in [0.25, 0.3) is 10.2 Å². The van der Waals surface area contributed by atoms with Crippen LogP contribution in [0.2, 0.25) is 0 Å². The maximum absolute atomic E-state index is 12.4. The third-order valence-corrected chi connectivity index (χ3v) is 4.07. The first-order chi connectivity index (χ1) is 9.18. The van der Waals surface area contributed by atoms with Gasteiger partial charge in [-0.3, -0.25) is 14.4 Å². The van der Waals surface area contributed by atoms with E-state index in [9.17, 15) is 14.4 Å². The molecular weight excluding hydrogens is 264 g/mol. The minimum absolute atomic E-state index is 0.268. The molecule has 1 fully saturated rings. The Hall–Kier alpha value is -1.95. The molecule has 0 radical (unpaired) electrons. The number of hydrogen-bond donors (Lipinski definition) is 0. The van der Waals surface area contributed by atoms with Gasteiger partial charge in [0.2, 0.25) is 0 Å². The van der Waals surface area contributed by atoms with E-state index < -0.39 is 11.7 Å². The molecule has 1 aliphatic rings. The third-order valence-electron chi connectivity index (χ3n) is 3.29. The smallest absolute Gasteiger partial charge is 0.182 e. The Labute approximate surface area is 112 Å². The number of hydrogen-bond acceptors (Lipinski definition) is 6. The number of fused-ring (bicyclic) bond motifs is 1. The fourth-order valence-electron chi connectivity index (χ4n) is 2.35. The van der Waals surface area contributed by atoms with Gasteiger partial charge in [0.15, 0.2) is 17.3 Å². The Morgan fingerprint density at radius 3 is 2.68 bits per heavy atom. The summed E-state index contributed by atoms with van der Waals surface area (Å²) in [4.78, 5) is 36.1. The molecule has 1 aromatic heterocycles. The minimum Gasteiger partial charge on any atom is -0.298 e. The molecule has 0 atom stereocenters. The van der Waals surface area contributed by atoms with Crippen LogP contribution in [0.3, 0.4) is 0 Å². The molecule has 5 nitrogen and oxygen atoms in total. The van der Waals surface area contributed by atoms with Crippen LogP contribution < -0.4 is 0 Å². The Morgan fingerprint density at radius 1 is 1.21 bits per heavy atom. The molecular formula is C13H10N2O3S. The number of ketones is 3. The van der Waals surface area contributed by atoms with Crippen molar-refractivity contribution in [3.05, 3.63) is 23.8 Å². The van der Waals surface area contributed by atoms with Crippen molar-refractivity contribution in [1.82, 2.24) is 9.59 Å². The van der Waals surface area contributed by atoms with E-state index in [1.165, 1.54) is 0 Å². The first-order valence-corrected chi connectivity index (χ1v) is 6.76. The fraction of sp³-hybridized carbons (Fsp3) is 0.308. The highest BCUT2D eigenvalue weighted by atomic mass is 32.1. The number of benzene rings is 1. The van der Waals surface area contributed by atoms with Gasteiger partial charge in [-0.1, -0.05) is 10.6 Å². The van der Waals surface area contributed by atoms with Gasteiger partial charge in [0.25, 0.3) is 0 Å². The zero-order valence-electron chi connectivity index (χ0n) is 9.96. The van der Waals surface area contributed by atoms with Gasteiger partial charge in [-0.2, -0.15) is 0 Å². The first kappa shape index (κ1) is 12.1. The summed E-state index contributed by atoms with van der Waals surface area (Å²) in [6.07, 6.45) is 1.16. The van der Waals surface area contributed by atoms with Crippen LogP contribution in [-0.4, -0.2) is 26.9 Å². The highest BCUT2D eigenvalue weighted by Gasteiger charge is 2.37. The summed E-state index contributed by atoms with van der Waals surface area (Å²) >= 11 is 1.10. The second kappa shape index (κ2) is 4.62. The fourth-order valence-corrected chi connectivity index (χ4v) is 3.03. The lowest BCUT2D eigenvalue weighted by atomic mass is 9.81. The molecule has 96 valence electrons. The second-order valence-corrected chi connectivity index (χ2v) is 5.26. The van der Waals surface area contributed by atoms with E-state index >= 15 is 0 Å². The molecule has 1 aromatic carbocycles. The number of carbonyl (C=O) groups is 3. The number of nitrogens with zero attached hydrogens (tertiary/aromatic N) is 2.